The van der Waals surface area contributed by atoms with Gasteiger partial charge in [-0.3, -0.25) is 0 Å². The number of nitrogens with zero attached hydrogens (tertiary/aromatic N) is 1. The quantitative estimate of drug-likeness (QED) is 0.743. The summed E-state index contributed by atoms with van der Waals surface area (Å²) in [5, 5.41) is 13.2. The summed E-state index contributed by atoms with van der Waals surface area (Å²) in [5.41, 5.74) is -0.0597. The summed E-state index contributed by atoms with van der Waals surface area (Å²) in [6.07, 6.45) is 6.20. The molecule has 19 heavy (non-hydrogen) atoms. The Morgan fingerprint density at radius 1 is 1.21 bits per heavy atom. The van der Waals surface area contributed by atoms with Crippen LogP contribution in [0.2, 0.25) is 0 Å². The van der Waals surface area contributed by atoms with Crippen LogP contribution in [0.3, 0.4) is 0 Å². The summed E-state index contributed by atoms with van der Waals surface area (Å²) in [4.78, 5) is 2.61. The maximum Gasteiger partial charge on any atom is 0.0610 e. The maximum absolute atomic E-state index is 9.60. The highest BCUT2D eigenvalue weighted by Gasteiger charge is 2.31. The lowest BCUT2D eigenvalue weighted by Gasteiger charge is -2.36. The Kier molecular flexibility index (Phi) is 5.27. The molecule has 0 radical (unpaired) electrons. The molecule has 1 saturated heterocycles. The highest BCUT2D eigenvalue weighted by Crippen LogP contribution is 2.26. The first-order valence-electron chi connectivity index (χ1n) is 8.13. The van der Waals surface area contributed by atoms with Gasteiger partial charge in [-0.25, -0.2) is 0 Å². The molecule has 2 N–H and O–H groups in total. The van der Waals surface area contributed by atoms with Crippen molar-refractivity contribution >= 4 is 0 Å². The minimum atomic E-state index is -0.0597. The third-order valence-electron chi connectivity index (χ3n) is 5.10. The zero-order valence-electron chi connectivity index (χ0n) is 13.0. The molecule has 3 heteroatoms. The molecule has 1 aliphatic heterocycles. The first-order valence-corrected chi connectivity index (χ1v) is 8.13. The van der Waals surface area contributed by atoms with Crippen LogP contribution in [0.1, 0.15) is 52.9 Å². The molecule has 0 amide bonds. The van der Waals surface area contributed by atoms with Gasteiger partial charge < -0.3 is 15.3 Å². The fourth-order valence-corrected chi connectivity index (χ4v) is 3.16. The molecule has 1 heterocycles. The van der Waals surface area contributed by atoms with Gasteiger partial charge in [-0.2, -0.15) is 0 Å². The van der Waals surface area contributed by atoms with Gasteiger partial charge >= 0.3 is 0 Å². The van der Waals surface area contributed by atoms with E-state index in [1.807, 2.05) is 0 Å². The molecule has 1 aliphatic carbocycles. The van der Waals surface area contributed by atoms with Gasteiger partial charge in [0.15, 0.2) is 0 Å². The first-order chi connectivity index (χ1) is 9.02. The number of rotatable bonds is 7. The van der Waals surface area contributed by atoms with Gasteiger partial charge in [0.2, 0.25) is 0 Å². The number of aliphatic hydroxyl groups is 1. The molecule has 112 valence electrons. The van der Waals surface area contributed by atoms with Crippen LogP contribution in [0.15, 0.2) is 0 Å². The molecule has 0 aromatic rings. The van der Waals surface area contributed by atoms with Crippen molar-refractivity contribution in [3.05, 3.63) is 0 Å². The molecule has 0 spiro atoms. The molecular formula is C16H32N2O. The van der Waals surface area contributed by atoms with E-state index in [2.05, 4.69) is 31.0 Å². The van der Waals surface area contributed by atoms with E-state index < -0.39 is 0 Å². The molecule has 2 aliphatic rings. The number of piperidine rings is 1. The van der Waals surface area contributed by atoms with Gasteiger partial charge in [-0.15, -0.1) is 0 Å². The standard InChI is InChI=1S/C16H32N2O/c1-13-7-10-18(11-14(13)2)9-4-8-16(3,12-19)17-15-5-6-15/h13-15,17,19H,4-12H2,1-3H3. The SMILES string of the molecule is CC1CCN(CCCC(C)(CO)NC2CC2)CC1C. The molecule has 3 atom stereocenters. The Bertz CT molecular complexity index is 280. The first kappa shape index (κ1) is 15.3. The van der Waals surface area contributed by atoms with Gasteiger partial charge in [0, 0.05) is 18.1 Å². The highest BCUT2D eigenvalue weighted by molar-refractivity contribution is 4.92. The number of nitrogens with one attached hydrogen (secondary N) is 1. The Hall–Kier alpha value is -0.120. The Morgan fingerprint density at radius 2 is 1.95 bits per heavy atom. The van der Waals surface area contributed by atoms with Crippen molar-refractivity contribution in [2.45, 2.75) is 64.5 Å². The van der Waals surface area contributed by atoms with Crippen LogP contribution in [0.25, 0.3) is 0 Å². The Morgan fingerprint density at radius 3 is 2.53 bits per heavy atom. The van der Waals surface area contributed by atoms with Crippen LogP contribution < -0.4 is 5.32 Å². The van der Waals surface area contributed by atoms with Crippen molar-refractivity contribution < 1.29 is 5.11 Å². The van der Waals surface area contributed by atoms with E-state index in [1.165, 1.54) is 45.3 Å². The molecule has 0 bridgehead atoms. The van der Waals surface area contributed by atoms with Crippen LogP contribution >= 0.6 is 0 Å². The lowest BCUT2D eigenvalue weighted by atomic mass is 9.88. The maximum atomic E-state index is 9.60. The lowest BCUT2D eigenvalue weighted by molar-refractivity contribution is 0.122. The van der Waals surface area contributed by atoms with E-state index in [9.17, 15) is 5.11 Å². The van der Waals surface area contributed by atoms with Crippen molar-refractivity contribution in [1.29, 1.82) is 0 Å². The molecule has 2 fully saturated rings. The normalized spacial score (nSPS) is 32.2. The summed E-state index contributed by atoms with van der Waals surface area (Å²) in [6, 6.07) is 0.674. The van der Waals surface area contributed by atoms with Crippen molar-refractivity contribution in [2.75, 3.05) is 26.2 Å². The molecule has 3 unspecified atom stereocenters. The highest BCUT2D eigenvalue weighted by atomic mass is 16.3. The fourth-order valence-electron chi connectivity index (χ4n) is 3.16. The topological polar surface area (TPSA) is 35.5 Å². The zero-order valence-corrected chi connectivity index (χ0v) is 13.0. The molecular weight excluding hydrogens is 236 g/mol. The fraction of sp³-hybridized carbons (Fsp3) is 1.00. The predicted molar refractivity (Wildman–Crippen MR) is 80.3 cm³/mol. The van der Waals surface area contributed by atoms with Gasteiger partial charge in [-0.1, -0.05) is 13.8 Å². The van der Waals surface area contributed by atoms with Gasteiger partial charge in [0.1, 0.15) is 0 Å². The van der Waals surface area contributed by atoms with E-state index in [0.29, 0.717) is 6.04 Å². The van der Waals surface area contributed by atoms with Gasteiger partial charge in [-0.05, 0) is 64.0 Å². The number of hydrogen-bond donors (Lipinski definition) is 2. The smallest absolute Gasteiger partial charge is 0.0610 e. The third kappa shape index (κ3) is 4.73. The second-order valence-corrected chi connectivity index (χ2v) is 7.28. The summed E-state index contributed by atoms with van der Waals surface area (Å²) in [6.45, 7) is 10.9. The van der Waals surface area contributed by atoms with Crippen molar-refractivity contribution in [3.63, 3.8) is 0 Å². The monoisotopic (exact) mass is 268 g/mol. The van der Waals surface area contributed by atoms with Crippen LogP contribution in [-0.2, 0) is 0 Å². The van der Waals surface area contributed by atoms with E-state index in [4.69, 9.17) is 0 Å². The van der Waals surface area contributed by atoms with Crippen molar-refractivity contribution in [3.8, 4) is 0 Å². The lowest BCUT2D eigenvalue weighted by Crippen LogP contribution is -2.47. The largest absolute Gasteiger partial charge is 0.394 e. The van der Waals surface area contributed by atoms with Gasteiger partial charge in [0.05, 0.1) is 6.61 Å². The molecule has 0 aromatic carbocycles. The third-order valence-corrected chi connectivity index (χ3v) is 5.10. The van der Waals surface area contributed by atoms with Gasteiger partial charge in [0.25, 0.3) is 0 Å². The number of likely N-dealkylation sites (tertiary alicyclic amines) is 1. The summed E-state index contributed by atoms with van der Waals surface area (Å²) < 4.78 is 0. The average molecular weight is 268 g/mol. The van der Waals surface area contributed by atoms with E-state index in [1.54, 1.807) is 0 Å². The van der Waals surface area contributed by atoms with Crippen molar-refractivity contribution in [1.82, 2.24) is 10.2 Å². The van der Waals surface area contributed by atoms with E-state index >= 15 is 0 Å². The van der Waals surface area contributed by atoms with Crippen LogP contribution in [-0.4, -0.2) is 47.8 Å². The number of aliphatic hydroxyl groups excluding tert-OH is 1. The second-order valence-electron chi connectivity index (χ2n) is 7.28. The molecule has 3 nitrogen and oxygen atoms in total. The van der Waals surface area contributed by atoms with Crippen LogP contribution in [0.4, 0.5) is 0 Å². The molecule has 1 saturated carbocycles. The molecule has 2 rings (SSSR count). The minimum absolute atomic E-state index is 0.0597. The summed E-state index contributed by atoms with van der Waals surface area (Å²) in [5.74, 6) is 1.72. The van der Waals surface area contributed by atoms with E-state index in [0.717, 1.165) is 18.3 Å². The summed E-state index contributed by atoms with van der Waals surface area (Å²) in [7, 11) is 0. The Balaban J connectivity index is 1.67. The van der Waals surface area contributed by atoms with Crippen LogP contribution in [0.5, 0.6) is 0 Å². The Labute approximate surface area is 118 Å². The average Bonchev–Trinajstić information content (AvgIpc) is 3.17. The second kappa shape index (κ2) is 6.55. The van der Waals surface area contributed by atoms with E-state index in [-0.39, 0.29) is 12.1 Å². The number of hydrogen-bond acceptors (Lipinski definition) is 3. The predicted octanol–water partition coefficient (Wildman–Crippen LogP) is 2.25. The minimum Gasteiger partial charge on any atom is -0.394 e. The summed E-state index contributed by atoms with van der Waals surface area (Å²) >= 11 is 0. The van der Waals surface area contributed by atoms with Crippen LogP contribution in [0, 0.1) is 11.8 Å². The molecule has 0 aromatic heterocycles. The zero-order chi connectivity index (χ0) is 13.9. The van der Waals surface area contributed by atoms with Crippen molar-refractivity contribution in [2.24, 2.45) is 11.8 Å².